The van der Waals surface area contributed by atoms with Crippen molar-refractivity contribution in [3.8, 4) is 0 Å². The second kappa shape index (κ2) is 9.66. The van der Waals surface area contributed by atoms with E-state index in [1.807, 2.05) is 0 Å². The van der Waals surface area contributed by atoms with Crippen molar-refractivity contribution in [2.75, 3.05) is 23.4 Å². The first-order valence-electron chi connectivity index (χ1n) is 8.31. The van der Waals surface area contributed by atoms with Crippen LogP contribution in [0.2, 0.25) is 0 Å². The number of nitrogens with zero attached hydrogens (tertiary/aromatic N) is 1. The summed E-state index contributed by atoms with van der Waals surface area (Å²) in [7, 11) is 0. The molecule has 0 saturated heterocycles. The number of esters is 2. The number of rotatable bonds is 8. The number of hydrogen-bond acceptors (Lipinski definition) is 6. The van der Waals surface area contributed by atoms with E-state index in [2.05, 4.69) is 5.32 Å². The number of ether oxygens (including phenoxy) is 2. The average molecular weight is 350 g/mol. The molecule has 1 aromatic rings. The van der Waals surface area contributed by atoms with Gasteiger partial charge in [-0.3, -0.25) is 4.79 Å². The Morgan fingerprint density at radius 1 is 1.04 bits per heavy atom. The molecular weight excluding hydrogens is 324 g/mol. The first-order chi connectivity index (χ1) is 11.8. The average Bonchev–Trinajstić information content (AvgIpc) is 2.55. The van der Waals surface area contributed by atoms with Gasteiger partial charge >= 0.3 is 11.9 Å². The summed E-state index contributed by atoms with van der Waals surface area (Å²) in [4.78, 5) is 37.3. The van der Waals surface area contributed by atoms with Crippen LogP contribution >= 0.6 is 0 Å². The van der Waals surface area contributed by atoms with Gasteiger partial charge in [-0.15, -0.1) is 0 Å². The first kappa shape index (κ1) is 20.5. The SMILES string of the molecule is CCOC(=O)C(C)N(c1cccc(NC(C)=O)c1)C(C)C(=O)OCC. The van der Waals surface area contributed by atoms with Crippen LogP contribution in [0.5, 0.6) is 0 Å². The molecule has 0 radical (unpaired) electrons. The molecule has 1 N–H and O–H groups in total. The molecule has 0 aromatic heterocycles. The fourth-order valence-corrected chi connectivity index (χ4v) is 2.48. The summed E-state index contributed by atoms with van der Waals surface area (Å²) >= 11 is 0. The molecule has 0 spiro atoms. The predicted molar refractivity (Wildman–Crippen MR) is 95.4 cm³/mol. The van der Waals surface area contributed by atoms with Crippen LogP contribution in [0.25, 0.3) is 0 Å². The van der Waals surface area contributed by atoms with Gasteiger partial charge in [0.05, 0.1) is 13.2 Å². The molecule has 25 heavy (non-hydrogen) atoms. The van der Waals surface area contributed by atoms with Gasteiger partial charge in [-0.1, -0.05) is 6.07 Å². The Hall–Kier alpha value is -2.57. The highest BCUT2D eigenvalue weighted by Crippen LogP contribution is 2.25. The van der Waals surface area contributed by atoms with Gasteiger partial charge in [0.2, 0.25) is 5.91 Å². The number of carbonyl (C=O) groups excluding carboxylic acids is 3. The van der Waals surface area contributed by atoms with E-state index in [0.29, 0.717) is 11.4 Å². The highest BCUT2D eigenvalue weighted by atomic mass is 16.5. The van der Waals surface area contributed by atoms with E-state index in [1.165, 1.54) is 6.92 Å². The topological polar surface area (TPSA) is 84.9 Å². The molecule has 0 fully saturated rings. The molecule has 138 valence electrons. The quantitative estimate of drug-likeness (QED) is 0.725. The van der Waals surface area contributed by atoms with Crippen LogP contribution in [-0.2, 0) is 23.9 Å². The Kier molecular flexibility index (Phi) is 7.91. The number of hydrogen-bond donors (Lipinski definition) is 1. The van der Waals surface area contributed by atoms with Gasteiger partial charge < -0.3 is 19.7 Å². The lowest BCUT2D eigenvalue weighted by Crippen LogP contribution is -2.49. The summed E-state index contributed by atoms with van der Waals surface area (Å²) in [6.45, 7) is 8.68. The fourth-order valence-electron chi connectivity index (χ4n) is 2.48. The lowest BCUT2D eigenvalue weighted by molar-refractivity contribution is -0.146. The molecule has 0 heterocycles. The van der Waals surface area contributed by atoms with Gasteiger partial charge in [-0.05, 0) is 45.9 Å². The molecule has 1 amide bonds. The first-order valence-corrected chi connectivity index (χ1v) is 8.31. The number of carbonyl (C=O) groups is 3. The number of benzene rings is 1. The van der Waals surface area contributed by atoms with Crippen molar-refractivity contribution in [3.63, 3.8) is 0 Å². The number of amides is 1. The zero-order valence-corrected chi connectivity index (χ0v) is 15.4. The van der Waals surface area contributed by atoms with Gasteiger partial charge in [0, 0.05) is 18.3 Å². The maximum atomic E-state index is 12.2. The van der Waals surface area contributed by atoms with Gasteiger partial charge in [0.15, 0.2) is 0 Å². The highest BCUT2D eigenvalue weighted by molar-refractivity contribution is 5.90. The molecule has 7 nitrogen and oxygen atoms in total. The number of anilines is 2. The summed E-state index contributed by atoms with van der Waals surface area (Å²) in [5.74, 6) is -1.09. The fraction of sp³-hybridized carbons (Fsp3) is 0.500. The van der Waals surface area contributed by atoms with E-state index in [-0.39, 0.29) is 19.1 Å². The third-order valence-electron chi connectivity index (χ3n) is 3.55. The maximum Gasteiger partial charge on any atom is 0.328 e. The predicted octanol–water partition coefficient (Wildman–Crippen LogP) is 2.35. The number of nitrogens with one attached hydrogen (secondary N) is 1. The van der Waals surface area contributed by atoms with Crippen LogP contribution in [0.3, 0.4) is 0 Å². The largest absolute Gasteiger partial charge is 0.464 e. The van der Waals surface area contributed by atoms with E-state index in [9.17, 15) is 14.4 Å². The maximum absolute atomic E-state index is 12.2. The Morgan fingerprint density at radius 2 is 1.56 bits per heavy atom. The van der Waals surface area contributed by atoms with E-state index in [1.54, 1.807) is 56.9 Å². The molecule has 0 bridgehead atoms. The minimum atomic E-state index is -0.702. The smallest absolute Gasteiger partial charge is 0.328 e. The van der Waals surface area contributed by atoms with Crippen molar-refractivity contribution in [2.45, 2.75) is 46.7 Å². The van der Waals surface area contributed by atoms with Gasteiger partial charge in [0.25, 0.3) is 0 Å². The molecule has 2 atom stereocenters. The van der Waals surface area contributed by atoms with Crippen LogP contribution in [0, 0.1) is 0 Å². The standard InChI is InChI=1S/C18H26N2O5/c1-6-24-17(22)12(3)20(13(4)18(23)25-7-2)16-10-8-9-15(11-16)19-14(5)21/h8-13H,6-7H2,1-5H3,(H,19,21). The van der Waals surface area contributed by atoms with Crippen molar-refractivity contribution in [2.24, 2.45) is 0 Å². The monoisotopic (exact) mass is 350 g/mol. The van der Waals surface area contributed by atoms with Gasteiger partial charge in [0.1, 0.15) is 12.1 Å². The third-order valence-corrected chi connectivity index (χ3v) is 3.55. The lowest BCUT2D eigenvalue weighted by atomic mass is 10.1. The second-order valence-electron chi connectivity index (χ2n) is 5.49. The van der Waals surface area contributed by atoms with Crippen LogP contribution in [0.4, 0.5) is 11.4 Å². The third kappa shape index (κ3) is 5.77. The minimum absolute atomic E-state index is 0.208. The van der Waals surface area contributed by atoms with Crippen molar-refractivity contribution in [3.05, 3.63) is 24.3 Å². The Balaban J connectivity index is 3.23. The van der Waals surface area contributed by atoms with Crippen molar-refractivity contribution in [1.82, 2.24) is 0 Å². The molecule has 1 aromatic carbocycles. The van der Waals surface area contributed by atoms with Gasteiger partial charge in [-0.25, -0.2) is 9.59 Å². The van der Waals surface area contributed by atoms with E-state index in [4.69, 9.17) is 9.47 Å². The van der Waals surface area contributed by atoms with E-state index >= 15 is 0 Å². The summed E-state index contributed by atoms with van der Waals surface area (Å²) in [5, 5.41) is 2.69. The zero-order chi connectivity index (χ0) is 19.0. The minimum Gasteiger partial charge on any atom is -0.464 e. The van der Waals surface area contributed by atoms with Crippen molar-refractivity contribution in [1.29, 1.82) is 0 Å². The Bertz CT molecular complexity index is 593. The molecule has 0 aliphatic heterocycles. The van der Waals surface area contributed by atoms with Crippen LogP contribution in [0.1, 0.15) is 34.6 Å². The molecule has 1 rings (SSSR count). The summed E-state index contributed by atoms with van der Waals surface area (Å²) in [5.41, 5.74) is 1.18. The van der Waals surface area contributed by atoms with Crippen LogP contribution in [0.15, 0.2) is 24.3 Å². The molecule has 7 heteroatoms. The van der Waals surface area contributed by atoms with Crippen LogP contribution < -0.4 is 10.2 Å². The zero-order valence-electron chi connectivity index (χ0n) is 15.4. The Labute approximate surface area is 148 Å². The van der Waals surface area contributed by atoms with Crippen molar-refractivity contribution >= 4 is 29.2 Å². The second-order valence-corrected chi connectivity index (χ2v) is 5.49. The summed E-state index contributed by atoms with van der Waals surface area (Å²) < 4.78 is 10.2. The van der Waals surface area contributed by atoms with Gasteiger partial charge in [-0.2, -0.15) is 0 Å². The molecule has 0 saturated carbocycles. The molecule has 0 aliphatic rings. The highest BCUT2D eigenvalue weighted by Gasteiger charge is 2.32. The summed E-state index contributed by atoms with van der Waals surface area (Å²) in [6.07, 6.45) is 0. The Morgan fingerprint density at radius 3 is 2.00 bits per heavy atom. The molecule has 0 aliphatic carbocycles. The normalized spacial score (nSPS) is 12.7. The molecular formula is C18H26N2O5. The van der Waals surface area contributed by atoms with Crippen molar-refractivity contribution < 1.29 is 23.9 Å². The summed E-state index contributed by atoms with van der Waals surface area (Å²) in [6, 6.07) is 5.53. The van der Waals surface area contributed by atoms with E-state index < -0.39 is 24.0 Å². The van der Waals surface area contributed by atoms with Crippen LogP contribution in [-0.4, -0.2) is 43.1 Å². The molecule has 2 unspecified atom stereocenters. The van der Waals surface area contributed by atoms with E-state index in [0.717, 1.165) is 0 Å². The lowest BCUT2D eigenvalue weighted by Gasteiger charge is -2.34.